The average molecular weight is 280 g/mol. The van der Waals surface area contributed by atoms with Crippen molar-refractivity contribution >= 4 is 15.8 Å². The standard InChI is InChI=1S/C13H16N2O3S/c1-10(2)9-11-3-5-12(6-4-11)19(16,17)15-13-7-8-18-14-13/h3-8,10H,9H2,1-2H3,(H,14,15). The number of aromatic nitrogens is 1. The maximum atomic E-state index is 12.0. The molecule has 6 heteroatoms. The maximum absolute atomic E-state index is 12.0. The lowest BCUT2D eigenvalue weighted by Gasteiger charge is -2.07. The topological polar surface area (TPSA) is 72.2 Å². The summed E-state index contributed by atoms with van der Waals surface area (Å²) in [4.78, 5) is 0.211. The molecule has 0 aliphatic rings. The van der Waals surface area contributed by atoms with Crippen molar-refractivity contribution < 1.29 is 12.9 Å². The van der Waals surface area contributed by atoms with E-state index in [1.165, 1.54) is 12.3 Å². The molecule has 0 amide bonds. The van der Waals surface area contributed by atoms with Crippen LogP contribution >= 0.6 is 0 Å². The molecule has 0 spiro atoms. The molecule has 1 heterocycles. The Labute approximate surface area is 112 Å². The van der Waals surface area contributed by atoms with E-state index >= 15 is 0 Å². The molecule has 1 aromatic heterocycles. The molecular weight excluding hydrogens is 264 g/mol. The zero-order chi connectivity index (χ0) is 13.9. The Bertz CT molecular complexity index is 616. The summed E-state index contributed by atoms with van der Waals surface area (Å²) >= 11 is 0. The minimum atomic E-state index is -3.60. The van der Waals surface area contributed by atoms with E-state index in [4.69, 9.17) is 0 Å². The number of nitrogens with one attached hydrogen (secondary N) is 1. The van der Waals surface area contributed by atoms with Crippen molar-refractivity contribution in [1.82, 2.24) is 5.16 Å². The number of sulfonamides is 1. The van der Waals surface area contributed by atoms with Crippen LogP contribution < -0.4 is 4.72 Å². The molecule has 5 nitrogen and oxygen atoms in total. The van der Waals surface area contributed by atoms with Gasteiger partial charge in [0.2, 0.25) is 0 Å². The van der Waals surface area contributed by atoms with E-state index in [1.807, 2.05) is 12.1 Å². The molecular formula is C13H16N2O3S. The number of hydrogen-bond donors (Lipinski definition) is 1. The number of benzene rings is 1. The Morgan fingerprint density at radius 3 is 2.42 bits per heavy atom. The summed E-state index contributed by atoms with van der Waals surface area (Å²) in [6.07, 6.45) is 2.24. The van der Waals surface area contributed by atoms with Crippen LogP contribution in [0.1, 0.15) is 19.4 Å². The van der Waals surface area contributed by atoms with E-state index < -0.39 is 10.0 Å². The van der Waals surface area contributed by atoms with Crippen molar-refractivity contribution in [3.63, 3.8) is 0 Å². The molecule has 19 heavy (non-hydrogen) atoms. The van der Waals surface area contributed by atoms with Gasteiger partial charge in [0.1, 0.15) is 6.26 Å². The van der Waals surface area contributed by atoms with Crippen molar-refractivity contribution in [3.8, 4) is 0 Å². The van der Waals surface area contributed by atoms with Crippen molar-refractivity contribution in [3.05, 3.63) is 42.2 Å². The molecule has 2 rings (SSSR count). The Kier molecular flexibility index (Phi) is 3.90. The van der Waals surface area contributed by atoms with Gasteiger partial charge in [0.15, 0.2) is 5.82 Å². The van der Waals surface area contributed by atoms with Crippen molar-refractivity contribution in [2.45, 2.75) is 25.2 Å². The fourth-order valence-electron chi connectivity index (χ4n) is 1.74. The summed E-state index contributed by atoms with van der Waals surface area (Å²) in [7, 11) is -3.60. The van der Waals surface area contributed by atoms with Gasteiger partial charge in [-0.25, -0.2) is 8.42 Å². The lowest BCUT2D eigenvalue weighted by Crippen LogP contribution is -2.13. The maximum Gasteiger partial charge on any atom is 0.263 e. The van der Waals surface area contributed by atoms with Gasteiger partial charge in [-0.05, 0) is 30.0 Å². The number of rotatable bonds is 5. The molecule has 2 aromatic rings. The van der Waals surface area contributed by atoms with Crippen LogP contribution in [0.2, 0.25) is 0 Å². The lowest BCUT2D eigenvalue weighted by molar-refractivity contribution is 0.423. The molecule has 102 valence electrons. The molecule has 1 N–H and O–H groups in total. The summed E-state index contributed by atoms with van der Waals surface area (Å²) in [6.45, 7) is 4.24. The van der Waals surface area contributed by atoms with E-state index in [2.05, 4.69) is 28.2 Å². The molecule has 0 aliphatic heterocycles. The van der Waals surface area contributed by atoms with Gasteiger partial charge < -0.3 is 4.52 Å². The molecule has 0 bridgehead atoms. The molecule has 0 unspecified atom stereocenters. The second-order valence-electron chi connectivity index (χ2n) is 4.73. The quantitative estimate of drug-likeness (QED) is 0.914. The van der Waals surface area contributed by atoms with Crippen LogP contribution in [0.5, 0.6) is 0 Å². The molecule has 0 fully saturated rings. The summed E-state index contributed by atoms with van der Waals surface area (Å²) in [5, 5.41) is 3.52. The summed E-state index contributed by atoms with van der Waals surface area (Å²) in [6, 6.07) is 8.31. The van der Waals surface area contributed by atoms with E-state index in [0.717, 1.165) is 12.0 Å². The highest BCUT2D eigenvalue weighted by Crippen LogP contribution is 2.16. The number of nitrogens with zero attached hydrogens (tertiary/aromatic N) is 1. The van der Waals surface area contributed by atoms with Gasteiger partial charge in [-0.15, -0.1) is 0 Å². The normalized spacial score (nSPS) is 11.7. The van der Waals surface area contributed by atoms with Crippen molar-refractivity contribution in [2.75, 3.05) is 4.72 Å². The second kappa shape index (κ2) is 5.44. The van der Waals surface area contributed by atoms with E-state index in [-0.39, 0.29) is 10.7 Å². The molecule has 0 saturated heterocycles. The molecule has 0 atom stereocenters. The smallest absolute Gasteiger partial charge is 0.263 e. The SMILES string of the molecule is CC(C)Cc1ccc(S(=O)(=O)Nc2ccon2)cc1. The van der Waals surface area contributed by atoms with Crippen LogP contribution in [0.15, 0.2) is 46.0 Å². The first-order chi connectivity index (χ1) is 8.97. The van der Waals surface area contributed by atoms with Crippen LogP contribution in [0.4, 0.5) is 5.82 Å². The van der Waals surface area contributed by atoms with Gasteiger partial charge in [0.05, 0.1) is 4.90 Å². The van der Waals surface area contributed by atoms with Crippen molar-refractivity contribution in [1.29, 1.82) is 0 Å². The number of anilines is 1. The first kappa shape index (κ1) is 13.6. The van der Waals surface area contributed by atoms with Crippen LogP contribution in [0, 0.1) is 5.92 Å². The van der Waals surface area contributed by atoms with Crippen molar-refractivity contribution in [2.24, 2.45) is 5.92 Å². The first-order valence-electron chi connectivity index (χ1n) is 5.99. The lowest BCUT2D eigenvalue weighted by atomic mass is 10.0. The summed E-state index contributed by atoms with van der Waals surface area (Å²) in [5.74, 6) is 0.710. The van der Waals surface area contributed by atoms with E-state index in [0.29, 0.717) is 5.92 Å². The van der Waals surface area contributed by atoms with Crippen LogP contribution in [-0.4, -0.2) is 13.6 Å². The number of hydrogen-bond acceptors (Lipinski definition) is 4. The third-order valence-electron chi connectivity index (χ3n) is 2.55. The van der Waals surface area contributed by atoms with Gasteiger partial charge in [-0.2, -0.15) is 0 Å². The Balaban J connectivity index is 2.17. The molecule has 0 radical (unpaired) electrons. The van der Waals surface area contributed by atoms with Gasteiger partial charge >= 0.3 is 0 Å². The summed E-state index contributed by atoms with van der Waals surface area (Å²) < 4.78 is 31.0. The van der Waals surface area contributed by atoms with E-state index in [9.17, 15) is 8.42 Å². The monoisotopic (exact) mass is 280 g/mol. The van der Waals surface area contributed by atoms with Gasteiger partial charge in [0.25, 0.3) is 10.0 Å². The fourth-order valence-corrected chi connectivity index (χ4v) is 2.73. The average Bonchev–Trinajstić information content (AvgIpc) is 2.81. The highest BCUT2D eigenvalue weighted by atomic mass is 32.2. The van der Waals surface area contributed by atoms with E-state index in [1.54, 1.807) is 12.1 Å². The Morgan fingerprint density at radius 2 is 1.89 bits per heavy atom. The minimum Gasteiger partial charge on any atom is -0.363 e. The molecule has 0 aliphatic carbocycles. The largest absolute Gasteiger partial charge is 0.363 e. The minimum absolute atomic E-state index is 0.172. The van der Waals surface area contributed by atoms with Gasteiger partial charge in [0, 0.05) is 6.07 Å². The first-order valence-corrected chi connectivity index (χ1v) is 7.48. The summed E-state index contributed by atoms with van der Waals surface area (Å²) in [5.41, 5.74) is 1.12. The van der Waals surface area contributed by atoms with Gasteiger partial charge in [-0.3, -0.25) is 4.72 Å². The highest BCUT2D eigenvalue weighted by Gasteiger charge is 2.15. The van der Waals surface area contributed by atoms with Crippen LogP contribution in [0.25, 0.3) is 0 Å². The van der Waals surface area contributed by atoms with Gasteiger partial charge in [-0.1, -0.05) is 31.1 Å². The second-order valence-corrected chi connectivity index (χ2v) is 6.41. The predicted molar refractivity (Wildman–Crippen MR) is 72.3 cm³/mol. The zero-order valence-electron chi connectivity index (χ0n) is 10.8. The van der Waals surface area contributed by atoms with Crippen LogP contribution in [0.3, 0.4) is 0 Å². The third-order valence-corrected chi connectivity index (χ3v) is 3.92. The molecule has 0 saturated carbocycles. The van der Waals surface area contributed by atoms with Crippen LogP contribution in [-0.2, 0) is 16.4 Å². The predicted octanol–water partition coefficient (Wildman–Crippen LogP) is 2.67. The zero-order valence-corrected chi connectivity index (χ0v) is 11.6. The third kappa shape index (κ3) is 3.57. The fraction of sp³-hybridized carbons (Fsp3) is 0.308. The highest BCUT2D eigenvalue weighted by molar-refractivity contribution is 7.92. The molecule has 1 aromatic carbocycles. The Morgan fingerprint density at radius 1 is 1.21 bits per heavy atom. The Hall–Kier alpha value is -1.82.